The Morgan fingerprint density at radius 2 is 1.90 bits per heavy atom. The molecular weight excluding hydrogens is 297 g/mol. The van der Waals surface area contributed by atoms with Crippen LogP contribution in [0.4, 0.5) is 0 Å². The summed E-state index contributed by atoms with van der Waals surface area (Å²) in [5, 5.41) is 8.68. The molecule has 124 valence electrons. The summed E-state index contributed by atoms with van der Waals surface area (Å²) in [7, 11) is -4.20. The largest absolute Gasteiger partial charge is 0.465 e. The lowest BCUT2D eigenvalue weighted by Crippen LogP contribution is -2.30. The zero-order valence-electron chi connectivity index (χ0n) is 12.4. The average Bonchev–Trinajstić information content (AvgIpc) is 2.36. The highest BCUT2D eigenvalue weighted by atomic mass is 31.2. The van der Waals surface area contributed by atoms with Gasteiger partial charge in [0.15, 0.2) is 0 Å². The molecule has 0 saturated heterocycles. The molecule has 0 bridgehead atoms. The number of carbonyl (C=O) groups excluding carboxylic acids is 1. The van der Waals surface area contributed by atoms with Crippen molar-refractivity contribution in [2.75, 3.05) is 19.4 Å². The Hall–Kier alpha value is -0.720. The van der Waals surface area contributed by atoms with Crippen LogP contribution in [-0.2, 0) is 14.1 Å². The first-order valence-corrected chi connectivity index (χ1v) is 8.87. The molecule has 0 amide bonds. The molecule has 0 spiro atoms. The normalized spacial score (nSPS) is 14.0. The second kappa shape index (κ2) is 10.9. The van der Waals surface area contributed by atoms with Gasteiger partial charge in [0.1, 0.15) is 6.04 Å². The van der Waals surface area contributed by atoms with E-state index in [1.807, 2.05) is 0 Å². The number of aliphatic hydroxyl groups is 1. The molecule has 0 aliphatic rings. The van der Waals surface area contributed by atoms with Gasteiger partial charge in [-0.2, -0.15) is 0 Å². The molecule has 0 aliphatic carbocycles. The SMILES string of the molecule is CCOC(=O)C(N)C=C(CCCCCCO)CP(=O)(O)O. The van der Waals surface area contributed by atoms with E-state index in [0.717, 1.165) is 19.3 Å². The van der Waals surface area contributed by atoms with Gasteiger partial charge in [-0.05, 0) is 26.2 Å². The van der Waals surface area contributed by atoms with Gasteiger partial charge in [-0.3, -0.25) is 9.36 Å². The summed E-state index contributed by atoms with van der Waals surface area (Å²) in [6, 6.07) is -1.01. The number of carbonyl (C=O) groups is 1. The summed E-state index contributed by atoms with van der Waals surface area (Å²) in [6.07, 6.45) is 4.56. The van der Waals surface area contributed by atoms with Gasteiger partial charge in [0, 0.05) is 6.61 Å². The smallest absolute Gasteiger partial charge is 0.329 e. The van der Waals surface area contributed by atoms with Crippen LogP contribution in [0.2, 0.25) is 0 Å². The quantitative estimate of drug-likeness (QED) is 0.192. The molecule has 7 nitrogen and oxygen atoms in total. The Bertz CT molecular complexity index is 379. The fraction of sp³-hybridized carbons (Fsp3) is 0.769. The number of esters is 1. The number of nitrogens with two attached hydrogens (primary N) is 1. The first kappa shape index (κ1) is 20.3. The van der Waals surface area contributed by atoms with E-state index in [1.54, 1.807) is 6.92 Å². The lowest BCUT2D eigenvalue weighted by atomic mass is 10.1. The van der Waals surface area contributed by atoms with Crippen LogP contribution in [0.3, 0.4) is 0 Å². The van der Waals surface area contributed by atoms with E-state index in [2.05, 4.69) is 0 Å². The summed E-state index contributed by atoms with van der Waals surface area (Å²) >= 11 is 0. The zero-order valence-corrected chi connectivity index (χ0v) is 13.3. The Morgan fingerprint density at radius 3 is 2.43 bits per heavy atom. The standard InChI is InChI=1S/C13H26NO6P/c1-2-20-13(16)12(14)9-11(10-21(17,18)19)7-5-3-4-6-8-15/h9,12,15H,2-8,10,14H2,1H3,(H2,17,18,19). The number of hydrogen-bond donors (Lipinski definition) is 4. The van der Waals surface area contributed by atoms with E-state index in [1.165, 1.54) is 6.08 Å². The van der Waals surface area contributed by atoms with Gasteiger partial charge >= 0.3 is 13.6 Å². The lowest BCUT2D eigenvalue weighted by molar-refractivity contribution is -0.143. The Balaban J connectivity index is 4.57. The van der Waals surface area contributed by atoms with Gasteiger partial charge in [0.05, 0.1) is 12.8 Å². The fourth-order valence-corrected chi connectivity index (χ4v) is 2.65. The molecule has 1 atom stereocenters. The number of rotatable bonds is 11. The maximum atomic E-state index is 11.4. The third kappa shape index (κ3) is 11.6. The third-order valence-electron chi connectivity index (χ3n) is 2.79. The van der Waals surface area contributed by atoms with Crippen LogP contribution in [0.1, 0.15) is 39.0 Å². The summed E-state index contributed by atoms with van der Waals surface area (Å²) in [5.74, 6) is -0.610. The van der Waals surface area contributed by atoms with Crippen molar-refractivity contribution in [1.82, 2.24) is 0 Å². The molecule has 0 aromatic rings. The maximum Gasteiger partial charge on any atom is 0.329 e. The molecule has 0 heterocycles. The number of unbranched alkanes of at least 4 members (excludes halogenated alkanes) is 3. The zero-order chi connectivity index (χ0) is 16.3. The second-order valence-corrected chi connectivity index (χ2v) is 6.46. The lowest BCUT2D eigenvalue weighted by Gasteiger charge is -2.12. The molecule has 0 rings (SSSR count). The van der Waals surface area contributed by atoms with Crippen molar-refractivity contribution >= 4 is 13.6 Å². The Labute approximate surface area is 125 Å². The second-order valence-electron chi connectivity index (χ2n) is 4.81. The van der Waals surface area contributed by atoms with E-state index in [4.69, 9.17) is 25.4 Å². The minimum atomic E-state index is -4.20. The highest BCUT2D eigenvalue weighted by Crippen LogP contribution is 2.38. The summed E-state index contributed by atoms with van der Waals surface area (Å²) in [5.41, 5.74) is 6.10. The minimum Gasteiger partial charge on any atom is -0.465 e. The van der Waals surface area contributed by atoms with Crippen molar-refractivity contribution in [3.8, 4) is 0 Å². The molecule has 8 heteroatoms. The van der Waals surface area contributed by atoms with Crippen LogP contribution >= 0.6 is 7.60 Å². The molecular formula is C13H26NO6P. The molecule has 0 aliphatic heterocycles. The molecule has 1 unspecified atom stereocenters. The van der Waals surface area contributed by atoms with Crippen molar-refractivity contribution in [1.29, 1.82) is 0 Å². The fourth-order valence-electron chi connectivity index (χ4n) is 1.86. The molecule has 0 fully saturated rings. The van der Waals surface area contributed by atoms with Gasteiger partial charge in [0.25, 0.3) is 0 Å². The highest BCUT2D eigenvalue weighted by Gasteiger charge is 2.19. The topological polar surface area (TPSA) is 130 Å². The van der Waals surface area contributed by atoms with Gasteiger partial charge in [-0.1, -0.05) is 24.5 Å². The third-order valence-corrected chi connectivity index (χ3v) is 3.61. The maximum absolute atomic E-state index is 11.4. The number of ether oxygens (including phenoxy) is 1. The first-order valence-electron chi connectivity index (χ1n) is 7.07. The van der Waals surface area contributed by atoms with E-state index in [0.29, 0.717) is 18.4 Å². The van der Waals surface area contributed by atoms with Crippen LogP contribution in [0, 0.1) is 0 Å². The van der Waals surface area contributed by atoms with Crippen LogP contribution in [0.5, 0.6) is 0 Å². The predicted octanol–water partition coefficient (Wildman–Crippen LogP) is 0.924. The van der Waals surface area contributed by atoms with Gasteiger partial charge < -0.3 is 25.4 Å². The van der Waals surface area contributed by atoms with Gasteiger partial charge in [-0.25, -0.2) is 0 Å². The van der Waals surface area contributed by atoms with Crippen molar-refractivity contribution in [3.05, 3.63) is 11.6 Å². The Morgan fingerprint density at radius 1 is 1.29 bits per heavy atom. The molecule has 0 saturated carbocycles. The van der Waals surface area contributed by atoms with Crippen molar-refractivity contribution in [2.24, 2.45) is 5.73 Å². The summed E-state index contributed by atoms with van der Waals surface area (Å²) in [4.78, 5) is 29.6. The van der Waals surface area contributed by atoms with E-state index >= 15 is 0 Å². The van der Waals surface area contributed by atoms with Gasteiger partial charge in [0.2, 0.25) is 0 Å². The molecule has 0 aromatic carbocycles. The van der Waals surface area contributed by atoms with Crippen LogP contribution in [0.15, 0.2) is 11.6 Å². The summed E-state index contributed by atoms with van der Waals surface area (Å²) in [6.45, 7) is 2.00. The van der Waals surface area contributed by atoms with Crippen LogP contribution in [-0.4, -0.2) is 46.3 Å². The van der Waals surface area contributed by atoms with E-state index < -0.39 is 25.8 Å². The number of allylic oxidation sites excluding steroid dienone is 1. The first-order chi connectivity index (χ1) is 9.80. The number of aliphatic hydroxyl groups excluding tert-OH is 1. The monoisotopic (exact) mass is 323 g/mol. The minimum absolute atomic E-state index is 0.138. The summed E-state index contributed by atoms with van der Waals surface area (Å²) < 4.78 is 15.9. The van der Waals surface area contributed by atoms with Crippen LogP contribution < -0.4 is 5.73 Å². The molecule has 5 N–H and O–H groups in total. The van der Waals surface area contributed by atoms with Gasteiger partial charge in [-0.15, -0.1) is 0 Å². The molecule has 21 heavy (non-hydrogen) atoms. The molecule has 0 radical (unpaired) electrons. The van der Waals surface area contributed by atoms with E-state index in [9.17, 15) is 9.36 Å². The predicted molar refractivity (Wildman–Crippen MR) is 79.8 cm³/mol. The van der Waals surface area contributed by atoms with E-state index in [-0.39, 0.29) is 13.2 Å². The van der Waals surface area contributed by atoms with Crippen LogP contribution in [0.25, 0.3) is 0 Å². The highest BCUT2D eigenvalue weighted by molar-refractivity contribution is 7.52. The average molecular weight is 323 g/mol. The van der Waals surface area contributed by atoms with Crippen molar-refractivity contribution in [3.63, 3.8) is 0 Å². The van der Waals surface area contributed by atoms with Crippen molar-refractivity contribution < 1.29 is 29.0 Å². The van der Waals surface area contributed by atoms with Crippen molar-refractivity contribution in [2.45, 2.75) is 45.1 Å². The Kier molecular flexibility index (Phi) is 10.6. The molecule has 0 aromatic heterocycles. The number of hydrogen-bond acceptors (Lipinski definition) is 5.